The van der Waals surface area contributed by atoms with Crippen molar-refractivity contribution >= 4 is 29.2 Å². The van der Waals surface area contributed by atoms with E-state index in [1.54, 1.807) is 23.2 Å². The number of amides is 1. The molecule has 0 radical (unpaired) electrons. The van der Waals surface area contributed by atoms with Gasteiger partial charge in [0.05, 0.1) is 11.1 Å². The van der Waals surface area contributed by atoms with Crippen molar-refractivity contribution in [1.29, 1.82) is 0 Å². The van der Waals surface area contributed by atoms with Gasteiger partial charge in [-0.25, -0.2) is 4.39 Å². The zero-order valence-corrected chi connectivity index (χ0v) is 12.5. The van der Waals surface area contributed by atoms with Gasteiger partial charge in [-0.2, -0.15) is 0 Å². The summed E-state index contributed by atoms with van der Waals surface area (Å²) in [5.74, 6) is -0.557. The SMILES string of the molecule is C[C@@H]1CN(C(=O)c2cc(F)cc3cccnc23)CCN1.Cl. The van der Waals surface area contributed by atoms with Crippen LogP contribution >= 0.6 is 12.4 Å². The van der Waals surface area contributed by atoms with E-state index in [0.29, 0.717) is 29.6 Å². The standard InChI is InChI=1S/C15H16FN3O.ClH/c1-10-9-19(6-5-17-10)15(20)13-8-12(16)7-11-3-2-4-18-14(11)13;/h2-4,7-8,10,17H,5-6,9H2,1H3;1H/t10-;/m1./s1. The molecule has 2 aromatic rings. The fraction of sp³-hybridized carbons (Fsp3) is 0.333. The van der Waals surface area contributed by atoms with E-state index in [9.17, 15) is 9.18 Å². The first kappa shape index (κ1) is 15.7. The van der Waals surface area contributed by atoms with Crippen LogP contribution in [0, 0.1) is 5.82 Å². The lowest BCUT2D eigenvalue weighted by atomic mass is 10.1. The summed E-state index contributed by atoms with van der Waals surface area (Å²) in [7, 11) is 0. The Balaban J connectivity index is 0.00000161. The van der Waals surface area contributed by atoms with Gasteiger partial charge in [0.1, 0.15) is 5.82 Å². The number of hydrogen-bond donors (Lipinski definition) is 1. The molecule has 112 valence electrons. The summed E-state index contributed by atoms with van der Waals surface area (Å²) in [6, 6.07) is 6.44. The van der Waals surface area contributed by atoms with Crippen molar-refractivity contribution in [3.63, 3.8) is 0 Å². The molecule has 21 heavy (non-hydrogen) atoms. The topological polar surface area (TPSA) is 45.2 Å². The number of carbonyl (C=O) groups is 1. The lowest BCUT2D eigenvalue weighted by Crippen LogP contribution is -2.51. The summed E-state index contributed by atoms with van der Waals surface area (Å²) < 4.78 is 13.7. The van der Waals surface area contributed by atoms with Gasteiger partial charge in [0.15, 0.2) is 0 Å². The minimum absolute atomic E-state index is 0. The third kappa shape index (κ3) is 3.14. The quantitative estimate of drug-likeness (QED) is 0.878. The molecule has 1 aliphatic rings. The second-order valence-corrected chi connectivity index (χ2v) is 5.13. The average molecular weight is 310 g/mol. The monoisotopic (exact) mass is 309 g/mol. The van der Waals surface area contributed by atoms with E-state index >= 15 is 0 Å². The summed E-state index contributed by atoms with van der Waals surface area (Å²) in [4.78, 5) is 18.6. The smallest absolute Gasteiger partial charge is 0.256 e. The molecule has 1 amide bonds. The van der Waals surface area contributed by atoms with Crippen LogP contribution in [0.3, 0.4) is 0 Å². The van der Waals surface area contributed by atoms with Crippen molar-refractivity contribution < 1.29 is 9.18 Å². The van der Waals surface area contributed by atoms with Gasteiger partial charge >= 0.3 is 0 Å². The van der Waals surface area contributed by atoms with Crippen molar-refractivity contribution in [3.05, 3.63) is 41.8 Å². The molecule has 1 N–H and O–H groups in total. The molecular formula is C15H17ClFN3O. The van der Waals surface area contributed by atoms with Crippen molar-refractivity contribution in [3.8, 4) is 0 Å². The number of fused-ring (bicyclic) bond motifs is 1. The molecular weight excluding hydrogens is 293 g/mol. The lowest BCUT2D eigenvalue weighted by Gasteiger charge is -2.32. The van der Waals surface area contributed by atoms with Crippen molar-refractivity contribution in [2.24, 2.45) is 0 Å². The number of halogens is 2. The largest absolute Gasteiger partial charge is 0.336 e. The maximum absolute atomic E-state index is 13.7. The molecule has 1 saturated heterocycles. The van der Waals surface area contributed by atoms with E-state index in [0.717, 1.165) is 6.54 Å². The van der Waals surface area contributed by atoms with Gasteiger partial charge in [0.25, 0.3) is 5.91 Å². The van der Waals surface area contributed by atoms with Crippen LogP contribution in [-0.2, 0) is 0 Å². The Labute approximate surface area is 128 Å². The van der Waals surface area contributed by atoms with Crippen LogP contribution in [0.5, 0.6) is 0 Å². The number of benzene rings is 1. The van der Waals surface area contributed by atoms with Crippen LogP contribution in [0.15, 0.2) is 30.5 Å². The summed E-state index contributed by atoms with van der Waals surface area (Å²) in [5, 5.41) is 3.94. The highest BCUT2D eigenvalue weighted by Gasteiger charge is 2.23. The predicted molar refractivity (Wildman–Crippen MR) is 82.3 cm³/mol. The minimum Gasteiger partial charge on any atom is -0.336 e. The van der Waals surface area contributed by atoms with Gasteiger partial charge in [-0.1, -0.05) is 6.07 Å². The summed E-state index contributed by atoms with van der Waals surface area (Å²) in [6.45, 7) is 4.05. The van der Waals surface area contributed by atoms with Gasteiger partial charge < -0.3 is 10.2 Å². The van der Waals surface area contributed by atoms with E-state index in [1.165, 1.54) is 12.1 Å². The summed E-state index contributed by atoms with van der Waals surface area (Å²) in [6.07, 6.45) is 1.62. The molecule has 1 aromatic carbocycles. The van der Waals surface area contributed by atoms with Crippen LogP contribution in [0.2, 0.25) is 0 Å². The molecule has 0 aliphatic carbocycles. The Morgan fingerprint density at radius 2 is 2.29 bits per heavy atom. The third-order valence-electron chi connectivity index (χ3n) is 3.56. The molecule has 1 atom stereocenters. The van der Waals surface area contributed by atoms with Crippen LogP contribution in [-0.4, -0.2) is 41.5 Å². The maximum atomic E-state index is 13.7. The van der Waals surface area contributed by atoms with Crippen LogP contribution in [0.25, 0.3) is 10.9 Å². The zero-order valence-electron chi connectivity index (χ0n) is 11.7. The fourth-order valence-electron chi connectivity index (χ4n) is 2.61. The lowest BCUT2D eigenvalue weighted by molar-refractivity contribution is 0.0710. The molecule has 2 heterocycles. The number of nitrogens with one attached hydrogen (secondary N) is 1. The Kier molecular flexibility index (Phi) is 4.75. The fourth-order valence-corrected chi connectivity index (χ4v) is 2.61. The first-order chi connectivity index (χ1) is 9.65. The molecule has 1 aromatic heterocycles. The molecule has 6 heteroatoms. The highest BCUT2D eigenvalue weighted by atomic mass is 35.5. The van der Waals surface area contributed by atoms with Gasteiger partial charge in [-0.05, 0) is 25.1 Å². The van der Waals surface area contributed by atoms with Crippen molar-refractivity contribution in [1.82, 2.24) is 15.2 Å². The van der Waals surface area contributed by atoms with Crippen molar-refractivity contribution in [2.45, 2.75) is 13.0 Å². The Hall–Kier alpha value is -1.72. The van der Waals surface area contributed by atoms with Gasteiger partial charge in [0.2, 0.25) is 0 Å². The Morgan fingerprint density at radius 3 is 3.05 bits per heavy atom. The first-order valence-electron chi connectivity index (χ1n) is 6.72. The molecule has 1 aliphatic heterocycles. The van der Waals surface area contributed by atoms with Crippen molar-refractivity contribution in [2.75, 3.05) is 19.6 Å². The summed E-state index contributed by atoms with van der Waals surface area (Å²) in [5.41, 5.74) is 0.903. The number of nitrogens with zero attached hydrogens (tertiary/aromatic N) is 2. The van der Waals surface area contributed by atoms with E-state index in [-0.39, 0.29) is 24.4 Å². The van der Waals surface area contributed by atoms with Crippen LogP contribution in [0.1, 0.15) is 17.3 Å². The number of hydrogen-bond acceptors (Lipinski definition) is 3. The Bertz CT molecular complexity index is 664. The molecule has 4 nitrogen and oxygen atoms in total. The average Bonchev–Trinajstić information content (AvgIpc) is 2.45. The second kappa shape index (κ2) is 6.37. The molecule has 0 saturated carbocycles. The highest BCUT2D eigenvalue weighted by Crippen LogP contribution is 2.20. The Morgan fingerprint density at radius 1 is 1.48 bits per heavy atom. The van der Waals surface area contributed by atoms with Gasteiger partial charge in [0, 0.05) is 37.3 Å². The van der Waals surface area contributed by atoms with E-state index in [2.05, 4.69) is 10.3 Å². The first-order valence-corrected chi connectivity index (χ1v) is 6.72. The number of carbonyl (C=O) groups excluding carboxylic acids is 1. The van der Waals surface area contributed by atoms with E-state index in [1.807, 2.05) is 6.92 Å². The van der Waals surface area contributed by atoms with Gasteiger partial charge in [-0.15, -0.1) is 12.4 Å². The molecule has 1 fully saturated rings. The number of piperazine rings is 1. The van der Waals surface area contributed by atoms with Crippen LogP contribution < -0.4 is 5.32 Å². The minimum atomic E-state index is -0.406. The zero-order chi connectivity index (χ0) is 14.1. The number of rotatable bonds is 1. The normalized spacial score (nSPS) is 18.4. The van der Waals surface area contributed by atoms with Crippen LogP contribution in [0.4, 0.5) is 4.39 Å². The summed E-state index contributed by atoms with van der Waals surface area (Å²) >= 11 is 0. The van der Waals surface area contributed by atoms with Gasteiger partial charge in [-0.3, -0.25) is 9.78 Å². The molecule has 3 rings (SSSR count). The maximum Gasteiger partial charge on any atom is 0.256 e. The third-order valence-corrected chi connectivity index (χ3v) is 3.56. The predicted octanol–water partition coefficient (Wildman–Crippen LogP) is 2.23. The highest BCUT2D eigenvalue weighted by molar-refractivity contribution is 6.05. The van der Waals surface area contributed by atoms with E-state index < -0.39 is 5.82 Å². The number of pyridine rings is 1. The molecule has 0 unspecified atom stereocenters. The second-order valence-electron chi connectivity index (χ2n) is 5.13. The molecule has 0 spiro atoms. The number of aromatic nitrogens is 1. The van der Waals surface area contributed by atoms with E-state index in [4.69, 9.17) is 0 Å². The molecule has 0 bridgehead atoms.